The summed E-state index contributed by atoms with van der Waals surface area (Å²) < 4.78 is 0. The van der Waals surface area contributed by atoms with E-state index in [1.807, 2.05) is 11.9 Å². The van der Waals surface area contributed by atoms with Crippen molar-refractivity contribution in [3.63, 3.8) is 0 Å². The third-order valence-corrected chi connectivity index (χ3v) is 3.58. The Morgan fingerprint density at radius 2 is 2.00 bits per heavy atom. The monoisotopic (exact) mass is 199 g/mol. The molecule has 0 heterocycles. The number of hydrogen-bond acceptors (Lipinski definition) is 2. The summed E-state index contributed by atoms with van der Waals surface area (Å²) in [6.07, 6.45) is 3.52. The van der Waals surface area contributed by atoms with Crippen LogP contribution in [0.15, 0.2) is 0 Å². The van der Waals surface area contributed by atoms with Gasteiger partial charge in [-0.25, -0.2) is 0 Å². The van der Waals surface area contributed by atoms with Crippen molar-refractivity contribution in [2.24, 2.45) is 11.8 Å². The third kappa shape index (κ3) is 2.98. The summed E-state index contributed by atoms with van der Waals surface area (Å²) in [6.45, 7) is 4.73. The molecule has 1 saturated carbocycles. The minimum atomic E-state index is -0.723. The van der Waals surface area contributed by atoms with E-state index in [1.54, 1.807) is 0 Å². The first-order chi connectivity index (χ1) is 6.50. The Labute approximate surface area is 86.1 Å². The van der Waals surface area contributed by atoms with Crippen LogP contribution < -0.4 is 0 Å². The SMILES string of the molecule is CC1CCC(N(C)CC(=O)O)CC1C. The molecule has 0 amide bonds. The van der Waals surface area contributed by atoms with Gasteiger partial charge in [-0.05, 0) is 38.1 Å². The van der Waals surface area contributed by atoms with Crippen LogP contribution in [0, 0.1) is 11.8 Å². The fourth-order valence-corrected chi connectivity index (χ4v) is 2.26. The van der Waals surface area contributed by atoms with Crippen LogP contribution in [0.1, 0.15) is 33.1 Å². The summed E-state index contributed by atoms with van der Waals surface area (Å²) in [4.78, 5) is 12.5. The highest BCUT2D eigenvalue weighted by Gasteiger charge is 2.27. The van der Waals surface area contributed by atoms with Crippen molar-refractivity contribution in [3.05, 3.63) is 0 Å². The number of aliphatic carboxylic acids is 1. The molecule has 0 aromatic heterocycles. The Hall–Kier alpha value is -0.570. The molecule has 1 rings (SSSR count). The van der Waals surface area contributed by atoms with Gasteiger partial charge in [0.05, 0.1) is 6.54 Å². The predicted octanol–water partition coefficient (Wildman–Crippen LogP) is 1.83. The van der Waals surface area contributed by atoms with E-state index in [1.165, 1.54) is 6.42 Å². The summed E-state index contributed by atoms with van der Waals surface area (Å²) in [5, 5.41) is 8.69. The summed E-state index contributed by atoms with van der Waals surface area (Å²) in [5.41, 5.74) is 0. The summed E-state index contributed by atoms with van der Waals surface area (Å²) in [5.74, 6) is 0.799. The fraction of sp³-hybridized carbons (Fsp3) is 0.909. The lowest BCUT2D eigenvalue weighted by molar-refractivity contribution is -0.138. The second kappa shape index (κ2) is 4.78. The molecule has 0 radical (unpaired) electrons. The van der Waals surface area contributed by atoms with Crippen molar-refractivity contribution in [2.45, 2.75) is 39.2 Å². The number of carbonyl (C=O) groups is 1. The Balaban J connectivity index is 2.41. The second-order valence-corrected chi connectivity index (χ2v) is 4.73. The van der Waals surface area contributed by atoms with E-state index in [0.29, 0.717) is 6.04 Å². The topological polar surface area (TPSA) is 40.5 Å². The van der Waals surface area contributed by atoms with Crippen LogP contribution in [0.3, 0.4) is 0 Å². The molecule has 0 aromatic rings. The van der Waals surface area contributed by atoms with E-state index >= 15 is 0 Å². The number of hydrogen-bond donors (Lipinski definition) is 1. The fourth-order valence-electron chi connectivity index (χ4n) is 2.26. The van der Waals surface area contributed by atoms with Crippen molar-refractivity contribution < 1.29 is 9.90 Å². The van der Waals surface area contributed by atoms with Crippen molar-refractivity contribution in [3.8, 4) is 0 Å². The Bertz CT molecular complexity index is 205. The highest BCUT2D eigenvalue weighted by molar-refractivity contribution is 5.69. The van der Waals surface area contributed by atoms with Gasteiger partial charge >= 0.3 is 5.97 Å². The number of rotatable bonds is 3. The van der Waals surface area contributed by atoms with Crippen LogP contribution >= 0.6 is 0 Å². The van der Waals surface area contributed by atoms with Gasteiger partial charge in [0.15, 0.2) is 0 Å². The Morgan fingerprint density at radius 3 is 2.50 bits per heavy atom. The third-order valence-electron chi connectivity index (χ3n) is 3.58. The van der Waals surface area contributed by atoms with E-state index in [2.05, 4.69) is 13.8 Å². The Morgan fingerprint density at radius 1 is 1.36 bits per heavy atom. The van der Waals surface area contributed by atoms with E-state index in [4.69, 9.17) is 5.11 Å². The summed E-state index contributed by atoms with van der Waals surface area (Å²) in [7, 11) is 1.92. The first-order valence-corrected chi connectivity index (χ1v) is 5.42. The minimum Gasteiger partial charge on any atom is -0.480 e. The maximum absolute atomic E-state index is 10.6. The van der Waals surface area contributed by atoms with Gasteiger partial charge in [0.1, 0.15) is 0 Å². The molecule has 82 valence electrons. The van der Waals surface area contributed by atoms with Crippen LogP contribution in [0.25, 0.3) is 0 Å². The van der Waals surface area contributed by atoms with Crippen molar-refractivity contribution in [1.82, 2.24) is 4.90 Å². The van der Waals surface area contributed by atoms with E-state index in [0.717, 1.165) is 24.7 Å². The lowest BCUT2D eigenvalue weighted by atomic mass is 9.78. The largest absolute Gasteiger partial charge is 0.480 e. The van der Waals surface area contributed by atoms with E-state index < -0.39 is 5.97 Å². The van der Waals surface area contributed by atoms with Gasteiger partial charge in [0.25, 0.3) is 0 Å². The molecule has 14 heavy (non-hydrogen) atoms. The molecule has 0 bridgehead atoms. The number of carboxylic acids is 1. The highest BCUT2D eigenvalue weighted by Crippen LogP contribution is 2.31. The van der Waals surface area contributed by atoms with Gasteiger partial charge in [-0.3, -0.25) is 9.69 Å². The molecule has 3 nitrogen and oxygen atoms in total. The van der Waals surface area contributed by atoms with Crippen molar-refractivity contribution >= 4 is 5.97 Å². The lowest BCUT2D eigenvalue weighted by Gasteiger charge is -2.36. The van der Waals surface area contributed by atoms with Gasteiger partial charge in [0, 0.05) is 6.04 Å². The zero-order valence-corrected chi connectivity index (χ0v) is 9.36. The maximum atomic E-state index is 10.6. The van der Waals surface area contributed by atoms with Gasteiger partial charge in [-0.2, -0.15) is 0 Å². The Kier molecular flexibility index (Phi) is 3.93. The number of nitrogens with zero attached hydrogens (tertiary/aromatic N) is 1. The van der Waals surface area contributed by atoms with Gasteiger partial charge < -0.3 is 5.11 Å². The number of carboxylic acid groups (broad SMARTS) is 1. The first kappa shape index (κ1) is 11.5. The molecular weight excluding hydrogens is 178 g/mol. The molecule has 1 aliphatic carbocycles. The van der Waals surface area contributed by atoms with Crippen LogP contribution in [0.4, 0.5) is 0 Å². The molecule has 3 atom stereocenters. The normalized spacial score (nSPS) is 33.3. The quantitative estimate of drug-likeness (QED) is 0.754. The summed E-state index contributed by atoms with van der Waals surface area (Å²) >= 11 is 0. The molecule has 0 saturated heterocycles. The predicted molar refractivity (Wildman–Crippen MR) is 56.2 cm³/mol. The average molecular weight is 199 g/mol. The highest BCUT2D eigenvalue weighted by atomic mass is 16.4. The lowest BCUT2D eigenvalue weighted by Crippen LogP contribution is -2.40. The van der Waals surface area contributed by atoms with Crippen molar-refractivity contribution in [2.75, 3.05) is 13.6 Å². The van der Waals surface area contributed by atoms with E-state index in [-0.39, 0.29) is 6.54 Å². The maximum Gasteiger partial charge on any atom is 0.317 e. The van der Waals surface area contributed by atoms with Crippen LogP contribution in [0.5, 0.6) is 0 Å². The molecule has 0 spiro atoms. The van der Waals surface area contributed by atoms with Gasteiger partial charge in [-0.15, -0.1) is 0 Å². The van der Waals surface area contributed by atoms with Gasteiger partial charge in [0.2, 0.25) is 0 Å². The van der Waals surface area contributed by atoms with Gasteiger partial charge in [-0.1, -0.05) is 13.8 Å². The van der Waals surface area contributed by atoms with Crippen molar-refractivity contribution in [1.29, 1.82) is 0 Å². The molecular formula is C11H21NO2. The minimum absolute atomic E-state index is 0.172. The standard InChI is InChI=1S/C11H21NO2/c1-8-4-5-10(6-9(8)2)12(3)7-11(13)14/h8-10H,4-7H2,1-3H3,(H,13,14). The molecule has 1 fully saturated rings. The number of likely N-dealkylation sites (N-methyl/N-ethyl adjacent to an activating group) is 1. The second-order valence-electron chi connectivity index (χ2n) is 4.73. The molecule has 0 aliphatic heterocycles. The van der Waals surface area contributed by atoms with E-state index in [9.17, 15) is 4.79 Å². The van der Waals surface area contributed by atoms with Crippen LogP contribution in [-0.2, 0) is 4.79 Å². The zero-order valence-electron chi connectivity index (χ0n) is 9.36. The molecule has 3 unspecified atom stereocenters. The van der Waals surface area contributed by atoms with Crippen LogP contribution in [-0.4, -0.2) is 35.6 Å². The van der Waals surface area contributed by atoms with Crippen LogP contribution in [0.2, 0.25) is 0 Å². The first-order valence-electron chi connectivity index (χ1n) is 5.42. The smallest absolute Gasteiger partial charge is 0.317 e. The molecule has 1 N–H and O–H groups in total. The molecule has 0 aromatic carbocycles. The summed E-state index contributed by atoms with van der Waals surface area (Å²) in [6, 6.07) is 0.470. The average Bonchev–Trinajstić information content (AvgIpc) is 2.08. The molecule has 3 heteroatoms. The molecule has 1 aliphatic rings. The zero-order chi connectivity index (χ0) is 10.7.